The molecular weight excluding hydrogens is 220 g/mol. The zero-order chi connectivity index (χ0) is 12.4. The van der Waals surface area contributed by atoms with Gasteiger partial charge in [-0.3, -0.25) is 10.1 Å². The van der Waals surface area contributed by atoms with Crippen LogP contribution in [0.1, 0.15) is 11.1 Å². The molecule has 1 fully saturated rings. The molecule has 6 heteroatoms. The fraction of sp³-hybridized carbons (Fsp3) is 0.364. The van der Waals surface area contributed by atoms with Gasteiger partial charge in [0.1, 0.15) is 0 Å². The third kappa shape index (κ3) is 2.35. The first-order valence-corrected chi connectivity index (χ1v) is 5.40. The van der Waals surface area contributed by atoms with Crippen molar-refractivity contribution in [2.75, 3.05) is 13.1 Å². The van der Waals surface area contributed by atoms with Crippen molar-refractivity contribution in [1.29, 1.82) is 0 Å². The molecule has 0 aromatic heterocycles. The summed E-state index contributed by atoms with van der Waals surface area (Å²) >= 11 is 0. The number of guanidine groups is 1. The zero-order valence-electron chi connectivity index (χ0n) is 9.78. The highest BCUT2D eigenvalue weighted by Crippen LogP contribution is 2.28. The Bertz CT molecular complexity index is 465. The lowest BCUT2D eigenvalue weighted by Gasteiger charge is -2.06. The number of aryl methyl sites for hydroxylation is 2. The van der Waals surface area contributed by atoms with Gasteiger partial charge >= 0.3 is 0 Å². The highest BCUT2D eigenvalue weighted by atomic mass is 16.6. The Hall–Kier alpha value is -2.11. The van der Waals surface area contributed by atoms with E-state index in [2.05, 4.69) is 15.6 Å². The summed E-state index contributed by atoms with van der Waals surface area (Å²) in [6, 6.07) is 3.09. The Labute approximate surface area is 98.9 Å². The maximum Gasteiger partial charge on any atom is 0.270 e. The first-order valence-electron chi connectivity index (χ1n) is 5.40. The minimum atomic E-state index is -0.386. The van der Waals surface area contributed by atoms with Gasteiger partial charge in [0.25, 0.3) is 5.69 Å². The molecule has 0 atom stereocenters. The van der Waals surface area contributed by atoms with Gasteiger partial charge in [-0.2, -0.15) is 0 Å². The Morgan fingerprint density at radius 2 is 1.76 bits per heavy atom. The molecule has 1 aromatic rings. The van der Waals surface area contributed by atoms with Crippen molar-refractivity contribution in [3.8, 4) is 0 Å². The molecule has 0 unspecified atom stereocenters. The number of nitrogens with one attached hydrogen (secondary N) is 2. The molecule has 0 spiro atoms. The van der Waals surface area contributed by atoms with E-state index in [4.69, 9.17) is 0 Å². The van der Waals surface area contributed by atoms with Crippen molar-refractivity contribution in [3.63, 3.8) is 0 Å². The minimum Gasteiger partial charge on any atom is -0.354 e. The first kappa shape index (κ1) is 11.4. The summed E-state index contributed by atoms with van der Waals surface area (Å²) < 4.78 is 0. The van der Waals surface area contributed by atoms with E-state index >= 15 is 0 Å². The molecule has 0 amide bonds. The van der Waals surface area contributed by atoms with Crippen molar-refractivity contribution >= 4 is 17.3 Å². The molecule has 0 radical (unpaired) electrons. The average Bonchev–Trinajstić information content (AvgIpc) is 2.75. The molecule has 1 aromatic carbocycles. The first-order chi connectivity index (χ1) is 8.08. The van der Waals surface area contributed by atoms with Crippen LogP contribution in [0, 0.1) is 24.0 Å². The van der Waals surface area contributed by atoms with Crippen molar-refractivity contribution in [2.45, 2.75) is 13.8 Å². The van der Waals surface area contributed by atoms with Gasteiger partial charge in [-0.1, -0.05) is 0 Å². The molecule has 6 nitrogen and oxygen atoms in total. The summed E-state index contributed by atoms with van der Waals surface area (Å²) in [4.78, 5) is 14.7. The second kappa shape index (κ2) is 4.40. The Kier molecular flexibility index (Phi) is 2.95. The molecule has 1 aliphatic rings. The number of hydrogen-bond acceptors (Lipinski definition) is 3. The lowest BCUT2D eigenvalue weighted by atomic mass is 10.1. The van der Waals surface area contributed by atoms with Gasteiger partial charge in [-0.05, 0) is 25.0 Å². The Balaban J connectivity index is 2.41. The number of benzene rings is 1. The topological polar surface area (TPSA) is 79.6 Å². The molecule has 2 rings (SSSR count). The number of aliphatic imine (C=N–C) groups is 1. The molecule has 90 valence electrons. The quantitative estimate of drug-likeness (QED) is 0.598. The second-order valence-corrected chi connectivity index (χ2v) is 4.00. The van der Waals surface area contributed by atoms with Crippen LogP contribution >= 0.6 is 0 Å². The van der Waals surface area contributed by atoms with E-state index < -0.39 is 0 Å². The van der Waals surface area contributed by atoms with Crippen molar-refractivity contribution in [2.24, 2.45) is 4.99 Å². The molecule has 1 aliphatic heterocycles. The summed E-state index contributed by atoms with van der Waals surface area (Å²) in [6.07, 6.45) is 0. The van der Waals surface area contributed by atoms with E-state index in [0.29, 0.717) is 0 Å². The second-order valence-electron chi connectivity index (χ2n) is 4.00. The van der Waals surface area contributed by atoms with Crippen LogP contribution in [0.25, 0.3) is 0 Å². The molecule has 0 aliphatic carbocycles. The van der Waals surface area contributed by atoms with Crippen LogP contribution in [0.15, 0.2) is 17.1 Å². The van der Waals surface area contributed by atoms with E-state index in [9.17, 15) is 10.1 Å². The van der Waals surface area contributed by atoms with Crippen molar-refractivity contribution in [1.82, 2.24) is 10.6 Å². The van der Waals surface area contributed by atoms with Gasteiger partial charge in [0.15, 0.2) is 5.96 Å². The maximum absolute atomic E-state index is 10.7. The van der Waals surface area contributed by atoms with E-state index in [-0.39, 0.29) is 10.6 Å². The van der Waals surface area contributed by atoms with E-state index in [1.54, 1.807) is 12.1 Å². The molecule has 1 heterocycles. The fourth-order valence-electron chi connectivity index (χ4n) is 1.83. The molecular formula is C11H14N4O2. The van der Waals surface area contributed by atoms with Crippen LogP contribution in [0.3, 0.4) is 0 Å². The minimum absolute atomic E-state index is 0.108. The summed E-state index contributed by atoms with van der Waals surface area (Å²) in [6.45, 7) is 5.36. The highest BCUT2D eigenvalue weighted by Gasteiger charge is 2.13. The summed E-state index contributed by atoms with van der Waals surface area (Å²) in [5.74, 6) is 0.727. The van der Waals surface area contributed by atoms with Gasteiger partial charge in [-0.25, -0.2) is 4.99 Å². The van der Waals surface area contributed by atoms with Crippen LogP contribution < -0.4 is 10.6 Å². The number of hydrogen-bond donors (Lipinski definition) is 2. The number of non-ortho nitro benzene ring substituents is 1. The van der Waals surface area contributed by atoms with E-state index in [1.807, 2.05) is 13.8 Å². The third-order valence-corrected chi connectivity index (χ3v) is 2.62. The van der Waals surface area contributed by atoms with Gasteiger partial charge in [0.05, 0.1) is 10.6 Å². The molecule has 0 bridgehead atoms. The smallest absolute Gasteiger partial charge is 0.270 e. The van der Waals surface area contributed by atoms with Gasteiger partial charge in [-0.15, -0.1) is 0 Å². The number of rotatable bonds is 2. The molecule has 17 heavy (non-hydrogen) atoms. The predicted molar refractivity (Wildman–Crippen MR) is 65.7 cm³/mol. The SMILES string of the molecule is Cc1cc([N+](=O)[O-])cc(C)c1N=C1NCCN1. The number of nitro benzene ring substituents is 1. The monoisotopic (exact) mass is 234 g/mol. The Morgan fingerprint density at radius 1 is 1.24 bits per heavy atom. The van der Waals surface area contributed by atoms with Gasteiger partial charge in [0.2, 0.25) is 0 Å². The van der Waals surface area contributed by atoms with E-state index in [0.717, 1.165) is 35.9 Å². The van der Waals surface area contributed by atoms with Crippen LogP contribution in [-0.4, -0.2) is 24.0 Å². The van der Waals surface area contributed by atoms with Crippen LogP contribution in [0.5, 0.6) is 0 Å². The normalized spacial score (nSPS) is 14.1. The highest BCUT2D eigenvalue weighted by molar-refractivity contribution is 5.85. The average molecular weight is 234 g/mol. The summed E-state index contributed by atoms with van der Waals surface area (Å²) in [5.41, 5.74) is 2.50. The van der Waals surface area contributed by atoms with Gasteiger partial charge in [0, 0.05) is 25.2 Å². The largest absolute Gasteiger partial charge is 0.354 e. The number of nitrogens with zero attached hydrogens (tertiary/aromatic N) is 2. The van der Waals surface area contributed by atoms with Crippen LogP contribution in [0.2, 0.25) is 0 Å². The standard InChI is InChI=1S/C11H14N4O2/c1-7-5-9(15(16)17)6-8(2)10(7)14-11-12-3-4-13-11/h5-6H,3-4H2,1-2H3,(H2,12,13,14). The molecule has 2 N–H and O–H groups in total. The lowest BCUT2D eigenvalue weighted by molar-refractivity contribution is -0.384. The van der Waals surface area contributed by atoms with Crippen LogP contribution in [-0.2, 0) is 0 Å². The lowest BCUT2D eigenvalue weighted by Crippen LogP contribution is -2.23. The molecule has 1 saturated heterocycles. The third-order valence-electron chi connectivity index (χ3n) is 2.62. The van der Waals surface area contributed by atoms with E-state index in [1.165, 1.54) is 0 Å². The van der Waals surface area contributed by atoms with Crippen molar-refractivity contribution in [3.05, 3.63) is 33.4 Å². The van der Waals surface area contributed by atoms with Gasteiger partial charge < -0.3 is 10.6 Å². The van der Waals surface area contributed by atoms with Crippen LogP contribution in [0.4, 0.5) is 11.4 Å². The van der Waals surface area contributed by atoms with Crippen molar-refractivity contribution < 1.29 is 4.92 Å². The number of nitro groups is 1. The zero-order valence-corrected chi connectivity index (χ0v) is 9.78. The summed E-state index contributed by atoms with van der Waals surface area (Å²) in [7, 11) is 0. The molecule has 0 saturated carbocycles. The summed E-state index contributed by atoms with van der Waals surface area (Å²) in [5, 5.41) is 16.9. The predicted octanol–water partition coefficient (Wildman–Crippen LogP) is 1.39. The fourth-order valence-corrected chi connectivity index (χ4v) is 1.83. The maximum atomic E-state index is 10.7. The Morgan fingerprint density at radius 3 is 2.24 bits per heavy atom.